The molecule has 0 bridgehead atoms. The van der Waals surface area contributed by atoms with Gasteiger partial charge in [0.1, 0.15) is 12.1 Å². The Labute approximate surface area is 302 Å². The molecule has 8 heteroatoms. The van der Waals surface area contributed by atoms with Crippen LogP contribution < -0.4 is 11.1 Å². The lowest BCUT2D eigenvalue weighted by Crippen LogP contribution is -2.55. The minimum Gasteiger partial charge on any atom is -0.465 e. The molecule has 8 nitrogen and oxygen atoms in total. The monoisotopic (exact) mass is 689 g/mol. The predicted octanol–water partition coefficient (Wildman–Crippen LogP) is 6.47. The van der Waals surface area contributed by atoms with Crippen LogP contribution in [-0.2, 0) is 35.9 Å². The normalized spacial score (nSPS) is 15.6. The molecule has 3 N–H and O–H groups in total. The lowest BCUT2D eigenvalue weighted by Gasteiger charge is -2.37. The molecule has 1 fully saturated rings. The average molecular weight is 690 g/mol. The van der Waals surface area contributed by atoms with Gasteiger partial charge in [-0.25, -0.2) is 4.79 Å². The van der Waals surface area contributed by atoms with Gasteiger partial charge in [-0.1, -0.05) is 127 Å². The highest BCUT2D eigenvalue weighted by Gasteiger charge is 2.45. The molecule has 1 unspecified atom stereocenters. The third-order valence-electron chi connectivity index (χ3n) is 9.66. The van der Waals surface area contributed by atoms with Crippen molar-refractivity contribution in [2.45, 2.75) is 82.5 Å². The van der Waals surface area contributed by atoms with Crippen LogP contribution in [-0.4, -0.2) is 60.6 Å². The second kappa shape index (κ2) is 18.4. The molecular weight excluding hydrogens is 638 g/mol. The second-order valence-corrected chi connectivity index (χ2v) is 13.2. The summed E-state index contributed by atoms with van der Waals surface area (Å²) in [5.74, 6) is -1.09. The third-order valence-corrected chi connectivity index (χ3v) is 9.66. The maximum Gasteiger partial charge on any atom is 0.330 e. The molecule has 1 saturated heterocycles. The van der Waals surface area contributed by atoms with Gasteiger partial charge in [-0.05, 0) is 64.5 Å². The van der Waals surface area contributed by atoms with Crippen LogP contribution in [0.5, 0.6) is 0 Å². The van der Waals surface area contributed by atoms with Crippen LogP contribution >= 0.6 is 0 Å². The summed E-state index contributed by atoms with van der Waals surface area (Å²) in [6.07, 6.45) is 4.13. The Kier molecular flexibility index (Phi) is 13.6. The topological polar surface area (TPSA) is 111 Å². The Morgan fingerprint density at radius 1 is 0.804 bits per heavy atom. The largest absolute Gasteiger partial charge is 0.465 e. The molecule has 0 spiro atoms. The maximum atomic E-state index is 14.6. The molecule has 51 heavy (non-hydrogen) atoms. The van der Waals surface area contributed by atoms with Gasteiger partial charge in [0.05, 0.1) is 12.6 Å². The number of unbranched alkanes of at least 4 members (excludes halogenated alkanes) is 1. The standard InChI is InChI=1S/C43H51N3O5/c1-3-50-41(48)38(29-26-33-16-7-4-8-17-33)45-37(22-13-14-30-44)40(47)46-31-15-23-39(46)42(49)51-43(34-18-9-5-10-19-34,35-20-11-6-12-21-35)36-27-24-32(2)25-28-36/h4-12,16-21,24-25,27-28,37-39,45H,3,13-15,22-23,26,29-31,44H2,1-2H3/t37-,38?,39-/m0/s1. The van der Waals surface area contributed by atoms with Crippen LogP contribution in [0.25, 0.3) is 0 Å². The molecule has 0 radical (unpaired) electrons. The number of hydrogen-bond acceptors (Lipinski definition) is 7. The van der Waals surface area contributed by atoms with Crippen molar-refractivity contribution in [3.63, 3.8) is 0 Å². The van der Waals surface area contributed by atoms with E-state index in [-0.39, 0.29) is 12.5 Å². The minimum atomic E-state index is -1.25. The number of hydrogen-bond donors (Lipinski definition) is 2. The van der Waals surface area contributed by atoms with Crippen LogP contribution in [0.2, 0.25) is 0 Å². The Morgan fingerprint density at radius 3 is 1.98 bits per heavy atom. The van der Waals surface area contributed by atoms with Gasteiger partial charge in [0.2, 0.25) is 5.91 Å². The fraction of sp³-hybridized carbons (Fsp3) is 0.372. The molecule has 0 aromatic heterocycles. The lowest BCUT2D eigenvalue weighted by atomic mass is 9.79. The van der Waals surface area contributed by atoms with E-state index in [1.54, 1.807) is 11.8 Å². The zero-order chi connectivity index (χ0) is 36.1. The fourth-order valence-electron chi connectivity index (χ4n) is 6.99. The summed E-state index contributed by atoms with van der Waals surface area (Å²) >= 11 is 0. The van der Waals surface area contributed by atoms with Crippen LogP contribution in [0, 0.1) is 6.92 Å². The van der Waals surface area contributed by atoms with E-state index in [1.165, 1.54) is 0 Å². The van der Waals surface area contributed by atoms with E-state index in [4.69, 9.17) is 15.2 Å². The Hall–Kier alpha value is -4.79. The van der Waals surface area contributed by atoms with E-state index >= 15 is 0 Å². The summed E-state index contributed by atoms with van der Waals surface area (Å²) < 4.78 is 12.2. The van der Waals surface area contributed by atoms with Crippen molar-refractivity contribution in [2.24, 2.45) is 5.73 Å². The van der Waals surface area contributed by atoms with Crippen molar-refractivity contribution in [1.82, 2.24) is 10.2 Å². The summed E-state index contributed by atoms with van der Waals surface area (Å²) in [4.78, 5) is 44.0. The Balaban J connectivity index is 1.45. The first kappa shape index (κ1) is 37.5. The first-order chi connectivity index (χ1) is 24.9. The Morgan fingerprint density at radius 2 is 1.39 bits per heavy atom. The van der Waals surface area contributed by atoms with E-state index in [0.29, 0.717) is 51.6 Å². The van der Waals surface area contributed by atoms with Crippen molar-refractivity contribution in [3.05, 3.63) is 143 Å². The molecule has 3 atom stereocenters. The number of carbonyl (C=O) groups excluding carboxylic acids is 3. The van der Waals surface area contributed by atoms with Gasteiger partial charge >= 0.3 is 11.9 Å². The quantitative estimate of drug-likeness (QED) is 0.0743. The first-order valence-electron chi connectivity index (χ1n) is 18.3. The highest BCUT2D eigenvalue weighted by molar-refractivity contribution is 5.89. The summed E-state index contributed by atoms with van der Waals surface area (Å²) in [6.45, 7) is 4.94. The van der Waals surface area contributed by atoms with Crippen molar-refractivity contribution >= 4 is 17.8 Å². The van der Waals surface area contributed by atoms with E-state index < -0.39 is 35.7 Å². The highest BCUT2D eigenvalue weighted by atomic mass is 16.6. The number of carbonyl (C=O) groups is 3. The van der Waals surface area contributed by atoms with E-state index in [9.17, 15) is 14.4 Å². The number of benzene rings is 4. The smallest absolute Gasteiger partial charge is 0.330 e. The number of esters is 2. The average Bonchev–Trinajstić information content (AvgIpc) is 3.67. The number of aryl methyl sites for hydroxylation is 2. The molecule has 4 aromatic rings. The predicted molar refractivity (Wildman–Crippen MR) is 200 cm³/mol. The van der Waals surface area contributed by atoms with Gasteiger partial charge in [-0.3, -0.25) is 14.9 Å². The number of ether oxygens (including phenoxy) is 2. The summed E-state index contributed by atoms with van der Waals surface area (Å²) in [6, 6.07) is 35.3. The van der Waals surface area contributed by atoms with Crippen molar-refractivity contribution in [3.8, 4) is 0 Å². The van der Waals surface area contributed by atoms with Gasteiger partial charge in [-0.2, -0.15) is 0 Å². The number of rotatable bonds is 17. The molecule has 1 aliphatic heterocycles. The van der Waals surface area contributed by atoms with Crippen molar-refractivity contribution in [1.29, 1.82) is 0 Å². The van der Waals surface area contributed by atoms with Crippen LogP contribution in [0.3, 0.4) is 0 Å². The SMILES string of the molecule is CCOC(=O)C(CCc1ccccc1)N[C@@H](CCCCN)C(=O)N1CCC[C@H]1C(=O)OC(c1ccccc1)(c1ccccc1)c1ccc(C)cc1. The molecular formula is C43H51N3O5. The zero-order valence-electron chi connectivity index (χ0n) is 29.8. The van der Waals surface area contributed by atoms with Gasteiger partial charge in [0, 0.05) is 23.2 Å². The minimum absolute atomic E-state index is 0.221. The molecule has 5 rings (SSSR count). The lowest BCUT2D eigenvalue weighted by molar-refractivity contribution is -0.162. The zero-order valence-corrected chi connectivity index (χ0v) is 29.8. The fourth-order valence-corrected chi connectivity index (χ4v) is 6.99. The number of amides is 1. The van der Waals surface area contributed by atoms with Crippen LogP contribution in [0.1, 0.15) is 73.3 Å². The number of likely N-dealkylation sites (tertiary alicyclic amines) is 1. The van der Waals surface area contributed by atoms with Gasteiger partial charge in [-0.15, -0.1) is 0 Å². The number of nitrogens with zero attached hydrogens (tertiary/aromatic N) is 1. The van der Waals surface area contributed by atoms with Gasteiger partial charge < -0.3 is 20.1 Å². The summed E-state index contributed by atoms with van der Waals surface area (Å²) in [5.41, 5.74) is 9.19. The van der Waals surface area contributed by atoms with Crippen LogP contribution in [0.15, 0.2) is 115 Å². The third kappa shape index (κ3) is 9.31. The van der Waals surface area contributed by atoms with E-state index in [1.807, 2.05) is 122 Å². The van der Waals surface area contributed by atoms with Gasteiger partial charge in [0.25, 0.3) is 0 Å². The molecule has 0 saturated carbocycles. The molecule has 268 valence electrons. The summed E-state index contributed by atoms with van der Waals surface area (Å²) in [5, 5.41) is 3.38. The number of nitrogens with one attached hydrogen (secondary N) is 1. The number of nitrogens with two attached hydrogens (primary N) is 1. The van der Waals surface area contributed by atoms with E-state index in [2.05, 4.69) is 5.32 Å². The molecule has 1 amide bonds. The van der Waals surface area contributed by atoms with Crippen LogP contribution in [0.4, 0.5) is 0 Å². The summed E-state index contributed by atoms with van der Waals surface area (Å²) in [7, 11) is 0. The van der Waals surface area contributed by atoms with E-state index in [0.717, 1.165) is 34.2 Å². The molecule has 0 aliphatic carbocycles. The Bertz CT molecular complexity index is 1640. The maximum absolute atomic E-state index is 14.6. The van der Waals surface area contributed by atoms with Gasteiger partial charge in [0.15, 0.2) is 5.60 Å². The van der Waals surface area contributed by atoms with Crippen molar-refractivity contribution < 1.29 is 23.9 Å². The first-order valence-corrected chi connectivity index (χ1v) is 18.3. The van der Waals surface area contributed by atoms with Crippen molar-refractivity contribution in [2.75, 3.05) is 19.7 Å². The molecule has 1 aliphatic rings. The molecule has 4 aromatic carbocycles. The highest BCUT2D eigenvalue weighted by Crippen LogP contribution is 2.41. The molecule has 1 heterocycles. The second-order valence-electron chi connectivity index (χ2n) is 13.2.